The Kier molecular flexibility index (Phi) is 6.85. The van der Waals surface area contributed by atoms with Gasteiger partial charge < -0.3 is 10.2 Å². The van der Waals surface area contributed by atoms with E-state index in [4.69, 9.17) is 11.6 Å². The average Bonchev–Trinajstić information content (AvgIpc) is 2.79. The van der Waals surface area contributed by atoms with Crippen molar-refractivity contribution in [3.05, 3.63) is 77.3 Å². The van der Waals surface area contributed by atoms with Crippen molar-refractivity contribution in [2.75, 3.05) is 38.0 Å². The molecule has 160 valence electrons. The second-order valence-electron chi connectivity index (χ2n) is 7.87. The average molecular weight is 436 g/mol. The third-order valence-electron chi connectivity index (χ3n) is 5.68. The largest absolute Gasteiger partial charge is 0.340 e. The fraction of sp³-hybridized carbons (Fsp3) is 0.280. The molecule has 1 saturated heterocycles. The number of aryl methyl sites for hydroxylation is 1. The number of fused-ring (bicyclic) bond motifs is 1. The van der Waals surface area contributed by atoms with Crippen LogP contribution in [-0.2, 0) is 16.0 Å². The molecule has 4 rings (SSSR count). The van der Waals surface area contributed by atoms with E-state index < -0.39 is 0 Å². The van der Waals surface area contributed by atoms with Gasteiger partial charge in [-0.1, -0.05) is 66.2 Å². The molecule has 0 spiro atoms. The predicted octanol–water partition coefficient (Wildman–Crippen LogP) is 4.21. The third-order valence-corrected chi connectivity index (χ3v) is 6.01. The Hall–Kier alpha value is -2.89. The molecular formula is C25H26ClN3O2. The zero-order valence-electron chi connectivity index (χ0n) is 17.4. The monoisotopic (exact) mass is 435 g/mol. The highest BCUT2D eigenvalue weighted by Gasteiger charge is 2.22. The van der Waals surface area contributed by atoms with Gasteiger partial charge in [-0.15, -0.1) is 0 Å². The minimum atomic E-state index is -0.0934. The smallest absolute Gasteiger partial charge is 0.238 e. The minimum absolute atomic E-state index is 0.0934. The Morgan fingerprint density at radius 1 is 0.871 bits per heavy atom. The maximum Gasteiger partial charge on any atom is 0.238 e. The molecule has 0 aromatic heterocycles. The normalized spacial score (nSPS) is 14.5. The summed E-state index contributed by atoms with van der Waals surface area (Å²) >= 11 is 6.10. The first-order chi connectivity index (χ1) is 15.1. The number of carbonyl (C=O) groups excluding carboxylic acids is 2. The van der Waals surface area contributed by atoms with Gasteiger partial charge in [-0.05, 0) is 34.9 Å². The number of nitrogens with zero attached hydrogens (tertiary/aromatic N) is 2. The molecule has 1 fully saturated rings. The Morgan fingerprint density at radius 3 is 2.35 bits per heavy atom. The van der Waals surface area contributed by atoms with Crippen molar-refractivity contribution in [3.8, 4) is 0 Å². The standard InChI is InChI=1S/C25H26ClN3O2/c26-22-7-3-4-8-23(22)27-24(30)18-28-13-15-29(16-14-28)25(31)12-10-19-9-11-20-5-1-2-6-21(20)17-19/h1-9,11,17H,10,12-16,18H2,(H,27,30). The van der Waals surface area contributed by atoms with Gasteiger partial charge in [0.15, 0.2) is 0 Å². The highest BCUT2D eigenvalue weighted by atomic mass is 35.5. The van der Waals surface area contributed by atoms with Crippen LogP contribution in [0, 0.1) is 0 Å². The lowest BCUT2D eigenvalue weighted by Gasteiger charge is -2.34. The van der Waals surface area contributed by atoms with Crippen LogP contribution in [0.4, 0.5) is 5.69 Å². The molecule has 1 aliphatic rings. The fourth-order valence-corrected chi connectivity index (χ4v) is 4.10. The minimum Gasteiger partial charge on any atom is -0.340 e. The van der Waals surface area contributed by atoms with Crippen molar-refractivity contribution in [1.29, 1.82) is 0 Å². The second-order valence-corrected chi connectivity index (χ2v) is 8.27. The summed E-state index contributed by atoms with van der Waals surface area (Å²) in [7, 11) is 0. The molecule has 0 saturated carbocycles. The van der Waals surface area contributed by atoms with Gasteiger partial charge in [0, 0.05) is 32.6 Å². The van der Waals surface area contributed by atoms with E-state index in [-0.39, 0.29) is 11.8 Å². The maximum absolute atomic E-state index is 12.7. The van der Waals surface area contributed by atoms with Gasteiger partial charge in [0.2, 0.25) is 11.8 Å². The number of halogens is 1. The molecule has 1 heterocycles. The molecule has 1 aliphatic heterocycles. The van der Waals surface area contributed by atoms with Crippen LogP contribution in [0.2, 0.25) is 5.02 Å². The van der Waals surface area contributed by atoms with Gasteiger partial charge in [-0.25, -0.2) is 0 Å². The Morgan fingerprint density at radius 2 is 1.58 bits per heavy atom. The lowest BCUT2D eigenvalue weighted by molar-refractivity contribution is -0.133. The highest BCUT2D eigenvalue weighted by molar-refractivity contribution is 6.33. The van der Waals surface area contributed by atoms with Crippen molar-refractivity contribution in [2.24, 2.45) is 0 Å². The molecule has 1 N–H and O–H groups in total. The number of nitrogens with one attached hydrogen (secondary N) is 1. The Bertz CT molecular complexity index is 1080. The lowest BCUT2D eigenvalue weighted by Crippen LogP contribution is -2.50. The van der Waals surface area contributed by atoms with Crippen molar-refractivity contribution in [1.82, 2.24) is 9.80 Å². The number of hydrogen-bond acceptors (Lipinski definition) is 3. The molecule has 3 aromatic rings. The van der Waals surface area contributed by atoms with E-state index >= 15 is 0 Å². The van der Waals surface area contributed by atoms with E-state index in [1.807, 2.05) is 29.2 Å². The number of rotatable bonds is 6. The number of hydrogen-bond donors (Lipinski definition) is 1. The molecule has 0 atom stereocenters. The third kappa shape index (κ3) is 5.63. The summed E-state index contributed by atoms with van der Waals surface area (Å²) in [6.45, 7) is 2.98. The SMILES string of the molecule is O=C(CN1CCN(C(=O)CCc2ccc3ccccc3c2)CC1)Nc1ccccc1Cl. The summed E-state index contributed by atoms with van der Waals surface area (Å²) in [5.41, 5.74) is 1.80. The zero-order chi connectivity index (χ0) is 21.6. The fourth-order valence-electron chi connectivity index (χ4n) is 3.91. The predicted molar refractivity (Wildman–Crippen MR) is 125 cm³/mol. The van der Waals surface area contributed by atoms with Gasteiger partial charge in [-0.3, -0.25) is 14.5 Å². The van der Waals surface area contributed by atoms with Crippen LogP contribution < -0.4 is 5.32 Å². The molecule has 31 heavy (non-hydrogen) atoms. The molecule has 2 amide bonds. The Balaban J connectivity index is 1.22. The van der Waals surface area contributed by atoms with E-state index in [1.54, 1.807) is 12.1 Å². The molecule has 3 aromatic carbocycles. The molecular weight excluding hydrogens is 410 g/mol. The summed E-state index contributed by atoms with van der Waals surface area (Å²) in [6, 6.07) is 21.8. The molecule has 0 aliphatic carbocycles. The molecule has 0 bridgehead atoms. The second kappa shape index (κ2) is 9.94. The molecule has 0 radical (unpaired) electrons. The maximum atomic E-state index is 12.7. The number of benzene rings is 3. The van der Waals surface area contributed by atoms with Crippen molar-refractivity contribution in [3.63, 3.8) is 0 Å². The molecule has 5 nitrogen and oxygen atoms in total. The topological polar surface area (TPSA) is 52.7 Å². The van der Waals surface area contributed by atoms with Crippen LogP contribution in [0.25, 0.3) is 10.8 Å². The highest BCUT2D eigenvalue weighted by Crippen LogP contribution is 2.20. The molecule has 6 heteroatoms. The first-order valence-electron chi connectivity index (χ1n) is 10.6. The van der Waals surface area contributed by atoms with Crippen LogP contribution in [0.3, 0.4) is 0 Å². The number of piperazine rings is 1. The summed E-state index contributed by atoms with van der Waals surface area (Å²) in [6.07, 6.45) is 1.25. The Labute approximate surface area is 187 Å². The van der Waals surface area contributed by atoms with E-state index in [1.165, 1.54) is 16.3 Å². The van der Waals surface area contributed by atoms with E-state index in [2.05, 4.69) is 40.5 Å². The summed E-state index contributed by atoms with van der Waals surface area (Å²) in [4.78, 5) is 28.9. The van der Waals surface area contributed by atoms with Gasteiger partial charge >= 0.3 is 0 Å². The van der Waals surface area contributed by atoms with E-state index in [0.717, 1.165) is 6.42 Å². The summed E-state index contributed by atoms with van der Waals surface area (Å²) in [5.74, 6) is 0.0810. The first-order valence-corrected chi connectivity index (χ1v) is 11.0. The van der Waals surface area contributed by atoms with E-state index in [9.17, 15) is 9.59 Å². The number of anilines is 1. The van der Waals surface area contributed by atoms with Crippen molar-refractivity contribution < 1.29 is 9.59 Å². The summed E-state index contributed by atoms with van der Waals surface area (Å²) in [5, 5.41) is 5.79. The number of carbonyl (C=O) groups is 2. The van der Waals surface area contributed by atoms with Gasteiger partial charge in [-0.2, -0.15) is 0 Å². The van der Waals surface area contributed by atoms with Crippen molar-refractivity contribution in [2.45, 2.75) is 12.8 Å². The van der Waals surface area contributed by atoms with Crippen molar-refractivity contribution >= 4 is 39.9 Å². The van der Waals surface area contributed by atoms with Gasteiger partial charge in [0.05, 0.1) is 17.3 Å². The molecule has 0 unspecified atom stereocenters. The van der Waals surface area contributed by atoms with Crippen LogP contribution >= 0.6 is 11.6 Å². The van der Waals surface area contributed by atoms with Crippen LogP contribution in [0.5, 0.6) is 0 Å². The van der Waals surface area contributed by atoms with Crippen LogP contribution in [-0.4, -0.2) is 54.3 Å². The van der Waals surface area contributed by atoms with Crippen LogP contribution in [0.1, 0.15) is 12.0 Å². The number of para-hydroxylation sites is 1. The van der Waals surface area contributed by atoms with Gasteiger partial charge in [0.25, 0.3) is 0 Å². The quantitative estimate of drug-likeness (QED) is 0.631. The van der Waals surface area contributed by atoms with E-state index in [0.29, 0.717) is 49.9 Å². The lowest BCUT2D eigenvalue weighted by atomic mass is 10.0. The van der Waals surface area contributed by atoms with Gasteiger partial charge in [0.1, 0.15) is 0 Å². The number of amides is 2. The zero-order valence-corrected chi connectivity index (χ0v) is 18.1. The first kappa shape index (κ1) is 21.3. The summed E-state index contributed by atoms with van der Waals surface area (Å²) < 4.78 is 0. The van der Waals surface area contributed by atoms with Crippen LogP contribution in [0.15, 0.2) is 66.7 Å².